The van der Waals surface area contributed by atoms with Crippen molar-refractivity contribution in [1.29, 1.82) is 0 Å². The highest BCUT2D eigenvalue weighted by Crippen LogP contribution is 2.09. The van der Waals surface area contributed by atoms with Crippen molar-refractivity contribution in [3.63, 3.8) is 0 Å². The number of rotatable bonds is 3. The van der Waals surface area contributed by atoms with Crippen molar-refractivity contribution in [3.05, 3.63) is 0 Å². The largest absolute Gasteiger partial charge is 0.351 e. The van der Waals surface area contributed by atoms with Crippen LogP contribution in [0, 0.1) is 11.8 Å². The molecular weight excluding hydrogens is 190 g/mol. The predicted molar refractivity (Wildman–Crippen MR) is 60.2 cm³/mol. The van der Waals surface area contributed by atoms with Gasteiger partial charge < -0.3 is 16.0 Å². The summed E-state index contributed by atoms with van der Waals surface area (Å²) in [7, 11) is 0. The minimum Gasteiger partial charge on any atom is -0.351 e. The standard InChI is InChI=1S/C11H19N3O/c1-2-3-4-7-13-10-5-8-14(9-6-10)11(12)15/h10,13H,4-9H2,1H3,(H2,12,15). The summed E-state index contributed by atoms with van der Waals surface area (Å²) in [5.41, 5.74) is 5.20. The number of hydrogen-bond acceptors (Lipinski definition) is 2. The summed E-state index contributed by atoms with van der Waals surface area (Å²) >= 11 is 0. The van der Waals surface area contributed by atoms with Crippen molar-refractivity contribution in [1.82, 2.24) is 10.2 Å². The van der Waals surface area contributed by atoms with Gasteiger partial charge in [0.1, 0.15) is 0 Å². The Bertz CT molecular complexity index is 259. The third kappa shape index (κ3) is 4.22. The van der Waals surface area contributed by atoms with Crippen LogP contribution in [0.15, 0.2) is 0 Å². The Kier molecular flexibility index (Phi) is 4.99. The lowest BCUT2D eigenvalue weighted by molar-refractivity contribution is 0.185. The van der Waals surface area contributed by atoms with Gasteiger partial charge in [-0.15, -0.1) is 11.8 Å². The molecule has 0 radical (unpaired) electrons. The molecule has 0 unspecified atom stereocenters. The molecule has 84 valence electrons. The SMILES string of the molecule is CC#CCCNC1CCN(C(N)=O)CC1. The van der Waals surface area contributed by atoms with Crippen LogP contribution >= 0.6 is 0 Å². The van der Waals surface area contributed by atoms with E-state index in [1.54, 1.807) is 4.90 Å². The minimum absolute atomic E-state index is 0.301. The average molecular weight is 209 g/mol. The van der Waals surface area contributed by atoms with Crippen LogP contribution < -0.4 is 11.1 Å². The summed E-state index contributed by atoms with van der Waals surface area (Å²) in [5, 5.41) is 3.43. The van der Waals surface area contributed by atoms with Gasteiger partial charge in [-0.25, -0.2) is 4.79 Å². The van der Waals surface area contributed by atoms with Crippen LogP contribution in [0.25, 0.3) is 0 Å². The van der Waals surface area contributed by atoms with Gasteiger partial charge in [-0.05, 0) is 19.8 Å². The normalized spacial score (nSPS) is 17.0. The first-order valence-corrected chi connectivity index (χ1v) is 5.41. The highest BCUT2D eigenvalue weighted by Gasteiger charge is 2.20. The molecule has 1 heterocycles. The Hall–Kier alpha value is -1.21. The Balaban J connectivity index is 2.13. The van der Waals surface area contributed by atoms with Crippen LogP contribution in [0.4, 0.5) is 4.79 Å². The molecule has 0 aromatic carbocycles. The molecule has 0 aliphatic carbocycles. The van der Waals surface area contributed by atoms with Gasteiger partial charge in [0.05, 0.1) is 0 Å². The first-order valence-electron chi connectivity index (χ1n) is 5.41. The molecule has 4 heteroatoms. The molecule has 1 aliphatic rings. The van der Waals surface area contributed by atoms with E-state index in [4.69, 9.17) is 5.73 Å². The number of piperidine rings is 1. The second-order valence-corrected chi connectivity index (χ2v) is 3.73. The van der Waals surface area contributed by atoms with Crippen LogP contribution in [-0.4, -0.2) is 36.6 Å². The molecule has 1 fully saturated rings. The summed E-state index contributed by atoms with van der Waals surface area (Å²) in [6, 6.07) is 0.213. The third-order valence-corrected chi connectivity index (χ3v) is 2.67. The fourth-order valence-electron chi connectivity index (χ4n) is 1.77. The van der Waals surface area contributed by atoms with Crippen molar-refractivity contribution in [2.24, 2.45) is 5.73 Å². The summed E-state index contributed by atoms with van der Waals surface area (Å²) in [6.07, 6.45) is 2.87. The van der Waals surface area contributed by atoms with Gasteiger partial charge in [-0.1, -0.05) is 0 Å². The van der Waals surface area contributed by atoms with Crippen molar-refractivity contribution in [2.75, 3.05) is 19.6 Å². The maximum Gasteiger partial charge on any atom is 0.314 e. The number of nitrogens with two attached hydrogens (primary N) is 1. The number of amides is 2. The molecule has 0 aromatic heterocycles. The van der Waals surface area contributed by atoms with Gasteiger partial charge in [-0.3, -0.25) is 0 Å². The van der Waals surface area contributed by atoms with E-state index >= 15 is 0 Å². The Morgan fingerprint density at radius 1 is 1.53 bits per heavy atom. The van der Waals surface area contributed by atoms with Gasteiger partial charge in [0.15, 0.2) is 0 Å². The van der Waals surface area contributed by atoms with Crippen molar-refractivity contribution in [3.8, 4) is 11.8 Å². The fourth-order valence-corrected chi connectivity index (χ4v) is 1.77. The molecule has 1 aliphatic heterocycles. The summed E-state index contributed by atoms with van der Waals surface area (Å²) in [4.78, 5) is 12.6. The maximum absolute atomic E-state index is 10.9. The number of hydrogen-bond donors (Lipinski definition) is 2. The lowest BCUT2D eigenvalue weighted by Gasteiger charge is -2.31. The molecule has 1 saturated heterocycles. The molecule has 4 nitrogen and oxygen atoms in total. The van der Waals surface area contributed by atoms with E-state index in [0.29, 0.717) is 6.04 Å². The fraction of sp³-hybridized carbons (Fsp3) is 0.727. The zero-order valence-electron chi connectivity index (χ0n) is 9.25. The van der Waals surface area contributed by atoms with Crippen molar-refractivity contribution < 1.29 is 4.79 Å². The number of primary amides is 1. The summed E-state index contributed by atoms with van der Waals surface area (Å²) in [6.45, 7) is 4.33. The van der Waals surface area contributed by atoms with Gasteiger partial charge in [0.2, 0.25) is 0 Å². The quantitative estimate of drug-likeness (QED) is 0.526. The second kappa shape index (κ2) is 6.31. The van der Waals surface area contributed by atoms with E-state index in [-0.39, 0.29) is 6.03 Å². The smallest absolute Gasteiger partial charge is 0.314 e. The van der Waals surface area contributed by atoms with E-state index in [2.05, 4.69) is 17.2 Å². The topological polar surface area (TPSA) is 58.4 Å². The number of carbonyl (C=O) groups excluding carboxylic acids is 1. The molecule has 1 rings (SSSR count). The highest BCUT2D eigenvalue weighted by atomic mass is 16.2. The summed E-state index contributed by atoms with van der Waals surface area (Å²) in [5.74, 6) is 5.89. The first kappa shape index (κ1) is 11.9. The third-order valence-electron chi connectivity index (χ3n) is 2.67. The van der Waals surface area contributed by atoms with Crippen LogP contribution in [0.5, 0.6) is 0 Å². The molecule has 2 amide bonds. The van der Waals surface area contributed by atoms with E-state index in [1.807, 2.05) is 6.92 Å². The Morgan fingerprint density at radius 3 is 2.73 bits per heavy atom. The molecular formula is C11H19N3O. The van der Waals surface area contributed by atoms with E-state index in [1.165, 1.54) is 0 Å². The van der Waals surface area contributed by atoms with Crippen LogP contribution in [0.3, 0.4) is 0 Å². The zero-order valence-corrected chi connectivity index (χ0v) is 9.25. The lowest BCUT2D eigenvalue weighted by atomic mass is 10.1. The van der Waals surface area contributed by atoms with Gasteiger partial charge >= 0.3 is 6.03 Å². The van der Waals surface area contributed by atoms with Crippen molar-refractivity contribution in [2.45, 2.75) is 32.2 Å². The lowest BCUT2D eigenvalue weighted by Crippen LogP contribution is -2.46. The molecule has 0 bridgehead atoms. The van der Waals surface area contributed by atoms with E-state index in [9.17, 15) is 4.79 Å². The average Bonchev–Trinajstić information content (AvgIpc) is 2.25. The predicted octanol–water partition coefficient (Wildman–Crippen LogP) is 0.532. The Labute approximate surface area is 91.2 Å². The van der Waals surface area contributed by atoms with Gasteiger partial charge in [-0.2, -0.15) is 0 Å². The maximum atomic E-state index is 10.9. The molecule has 15 heavy (non-hydrogen) atoms. The number of nitrogens with zero attached hydrogens (tertiary/aromatic N) is 1. The number of nitrogens with one attached hydrogen (secondary N) is 1. The van der Waals surface area contributed by atoms with Crippen LogP contribution in [0.1, 0.15) is 26.2 Å². The van der Waals surface area contributed by atoms with E-state index < -0.39 is 0 Å². The molecule has 0 saturated carbocycles. The summed E-state index contributed by atoms with van der Waals surface area (Å²) < 4.78 is 0. The van der Waals surface area contributed by atoms with Gasteiger partial charge in [0.25, 0.3) is 0 Å². The van der Waals surface area contributed by atoms with Gasteiger partial charge in [0, 0.05) is 32.1 Å². The minimum atomic E-state index is -0.301. The van der Waals surface area contributed by atoms with Crippen LogP contribution in [0.2, 0.25) is 0 Å². The number of carbonyl (C=O) groups is 1. The number of likely N-dealkylation sites (tertiary alicyclic amines) is 1. The molecule has 0 aromatic rings. The highest BCUT2D eigenvalue weighted by molar-refractivity contribution is 5.72. The molecule has 0 spiro atoms. The van der Waals surface area contributed by atoms with E-state index in [0.717, 1.165) is 38.9 Å². The monoisotopic (exact) mass is 209 g/mol. The molecule has 0 atom stereocenters. The zero-order chi connectivity index (χ0) is 11.1. The second-order valence-electron chi connectivity index (χ2n) is 3.73. The first-order chi connectivity index (χ1) is 7.24. The molecule has 3 N–H and O–H groups in total. The Morgan fingerprint density at radius 2 is 2.20 bits per heavy atom. The van der Waals surface area contributed by atoms with Crippen LogP contribution in [-0.2, 0) is 0 Å². The van der Waals surface area contributed by atoms with Crippen molar-refractivity contribution >= 4 is 6.03 Å². The number of urea groups is 1.